The molecule has 0 aliphatic heterocycles. The summed E-state index contributed by atoms with van der Waals surface area (Å²) in [7, 11) is 0. The molecule has 0 fully saturated rings. The SMILES string of the molecule is Cc1cc(Br)ccc1NC(=O)CNC(=O)[C@@H](N)C(C)(C)C. The summed E-state index contributed by atoms with van der Waals surface area (Å²) < 4.78 is 0.947. The Hall–Kier alpha value is -1.40. The largest absolute Gasteiger partial charge is 0.346 e. The molecule has 0 saturated carbocycles. The maximum Gasteiger partial charge on any atom is 0.243 e. The summed E-state index contributed by atoms with van der Waals surface area (Å²) in [6, 6.07) is 4.90. The van der Waals surface area contributed by atoms with E-state index in [9.17, 15) is 9.59 Å². The lowest BCUT2D eigenvalue weighted by atomic mass is 9.87. The van der Waals surface area contributed by atoms with E-state index in [1.54, 1.807) is 6.07 Å². The molecule has 0 bridgehead atoms. The minimum absolute atomic E-state index is 0.0991. The Morgan fingerprint density at radius 3 is 2.48 bits per heavy atom. The van der Waals surface area contributed by atoms with E-state index in [1.807, 2.05) is 39.8 Å². The van der Waals surface area contributed by atoms with Crippen molar-refractivity contribution in [1.29, 1.82) is 0 Å². The molecule has 1 aromatic carbocycles. The lowest BCUT2D eigenvalue weighted by Gasteiger charge is -2.25. The maximum atomic E-state index is 11.8. The van der Waals surface area contributed by atoms with Crippen molar-refractivity contribution >= 4 is 33.4 Å². The Morgan fingerprint density at radius 1 is 1.33 bits per heavy atom. The first-order valence-corrected chi connectivity index (χ1v) is 7.50. The number of rotatable bonds is 4. The van der Waals surface area contributed by atoms with Crippen LogP contribution in [0.2, 0.25) is 0 Å². The number of hydrogen-bond acceptors (Lipinski definition) is 3. The van der Waals surface area contributed by atoms with Gasteiger partial charge in [0.25, 0.3) is 0 Å². The number of amides is 2. The van der Waals surface area contributed by atoms with Gasteiger partial charge in [0.1, 0.15) is 0 Å². The second-order valence-corrected chi connectivity index (χ2v) is 6.98. The van der Waals surface area contributed by atoms with Gasteiger partial charge >= 0.3 is 0 Å². The molecule has 21 heavy (non-hydrogen) atoms. The van der Waals surface area contributed by atoms with E-state index in [2.05, 4.69) is 26.6 Å². The smallest absolute Gasteiger partial charge is 0.243 e. The summed E-state index contributed by atoms with van der Waals surface area (Å²) >= 11 is 3.36. The van der Waals surface area contributed by atoms with E-state index >= 15 is 0 Å². The topological polar surface area (TPSA) is 84.2 Å². The van der Waals surface area contributed by atoms with Gasteiger partial charge in [-0.25, -0.2) is 0 Å². The highest BCUT2D eigenvalue weighted by molar-refractivity contribution is 9.10. The molecule has 0 aliphatic rings. The van der Waals surface area contributed by atoms with Crippen molar-refractivity contribution in [2.24, 2.45) is 11.1 Å². The number of carbonyl (C=O) groups excluding carboxylic acids is 2. The maximum absolute atomic E-state index is 11.8. The summed E-state index contributed by atoms with van der Waals surface area (Å²) in [5, 5.41) is 5.31. The number of halogens is 1. The summed E-state index contributed by atoms with van der Waals surface area (Å²) in [5.74, 6) is -0.611. The first kappa shape index (κ1) is 17.7. The Kier molecular flexibility index (Phi) is 5.92. The van der Waals surface area contributed by atoms with Gasteiger partial charge in [-0.15, -0.1) is 0 Å². The van der Waals surface area contributed by atoms with Crippen molar-refractivity contribution in [3.05, 3.63) is 28.2 Å². The predicted molar refractivity (Wildman–Crippen MR) is 87.9 cm³/mol. The number of hydrogen-bond donors (Lipinski definition) is 3. The van der Waals surface area contributed by atoms with Crippen molar-refractivity contribution in [2.45, 2.75) is 33.7 Å². The van der Waals surface area contributed by atoms with Crippen LogP contribution in [0.1, 0.15) is 26.3 Å². The Balaban J connectivity index is 2.53. The van der Waals surface area contributed by atoms with E-state index in [0.717, 1.165) is 15.7 Å². The van der Waals surface area contributed by atoms with Gasteiger partial charge in [-0.1, -0.05) is 36.7 Å². The molecule has 0 unspecified atom stereocenters. The van der Waals surface area contributed by atoms with E-state index in [1.165, 1.54) is 0 Å². The van der Waals surface area contributed by atoms with Crippen LogP contribution >= 0.6 is 15.9 Å². The number of aryl methyl sites for hydroxylation is 1. The number of benzene rings is 1. The standard InChI is InChI=1S/C15H22BrN3O2/c1-9-7-10(16)5-6-11(9)19-12(20)8-18-14(21)13(17)15(2,3)4/h5-7,13H,8,17H2,1-4H3,(H,18,21)(H,19,20)/t13-/m1/s1. The van der Waals surface area contributed by atoms with Crippen LogP contribution in [0.4, 0.5) is 5.69 Å². The minimum atomic E-state index is -0.653. The highest BCUT2D eigenvalue weighted by Gasteiger charge is 2.27. The number of nitrogens with one attached hydrogen (secondary N) is 2. The molecule has 0 saturated heterocycles. The van der Waals surface area contributed by atoms with Gasteiger partial charge in [0.2, 0.25) is 11.8 Å². The number of anilines is 1. The third-order valence-corrected chi connectivity index (χ3v) is 3.59. The summed E-state index contributed by atoms with van der Waals surface area (Å²) in [6.07, 6.45) is 0. The van der Waals surface area contributed by atoms with Gasteiger partial charge in [0.15, 0.2) is 0 Å². The molecule has 0 aromatic heterocycles. The molecule has 4 N–H and O–H groups in total. The van der Waals surface area contributed by atoms with Crippen LogP contribution in [-0.4, -0.2) is 24.4 Å². The molecular formula is C15H22BrN3O2. The van der Waals surface area contributed by atoms with Crippen molar-refractivity contribution < 1.29 is 9.59 Å². The molecule has 1 atom stereocenters. The Bertz CT molecular complexity index is 538. The van der Waals surface area contributed by atoms with E-state index < -0.39 is 6.04 Å². The third kappa shape index (κ3) is 5.47. The minimum Gasteiger partial charge on any atom is -0.346 e. The highest BCUT2D eigenvalue weighted by Crippen LogP contribution is 2.20. The van der Waals surface area contributed by atoms with Gasteiger partial charge in [0, 0.05) is 10.2 Å². The van der Waals surface area contributed by atoms with Crippen LogP contribution in [0.15, 0.2) is 22.7 Å². The summed E-state index contributed by atoms with van der Waals surface area (Å²) in [4.78, 5) is 23.7. The van der Waals surface area contributed by atoms with E-state index in [4.69, 9.17) is 5.73 Å². The van der Waals surface area contributed by atoms with Crippen LogP contribution in [0.3, 0.4) is 0 Å². The average molecular weight is 356 g/mol. The summed E-state index contributed by atoms with van der Waals surface area (Å²) in [5.41, 5.74) is 7.14. The molecule has 0 radical (unpaired) electrons. The first-order chi connectivity index (χ1) is 9.61. The fraction of sp³-hybridized carbons (Fsp3) is 0.467. The zero-order valence-corrected chi connectivity index (χ0v) is 14.4. The molecule has 6 heteroatoms. The highest BCUT2D eigenvalue weighted by atomic mass is 79.9. The average Bonchev–Trinajstić information content (AvgIpc) is 2.37. The second-order valence-electron chi connectivity index (χ2n) is 6.07. The monoisotopic (exact) mass is 355 g/mol. The molecular weight excluding hydrogens is 334 g/mol. The quantitative estimate of drug-likeness (QED) is 0.773. The molecule has 1 aromatic rings. The predicted octanol–water partition coefficient (Wildman–Crippen LogP) is 2.19. The van der Waals surface area contributed by atoms with Crippen molar-refractivity contribution in [1.82, 2.24) is 5.32 Å². The Labute approximate surface area is 133 Å². The lowest BCUT2D eigenvalue weighted by Crippen LogP contribution is -2.50. The fourth-order valence-corrected chi connectivity index (χ4v) is 2.11. The van der Waals surface area contributed by atoms with E-state index in [-0.39, 0.29) is 23.8 Å². The zero-order valence-electron chi connectivity index (χ0n) is 12.8. The van der Waals surface area contributed by atoms with Crippen LogP contribution in [0, 0.1) is 12.3 Å². The Morgan fingerprint density at radius 2 is 1.95 bits per heavy atom. The molecule has 1 rings (SSSR count). The van der Waals surface area contributed by atoms with Crippen LogP contribution in [0.25, 0.3) is 0 Å². The van der Waals surface area contributed by atoms with E-state index in [0.29, 0.717) is 0 Å². The molecule has 0 aliphatic carbocycles. The van der Waals surface area contributed by atoms with Crippen molar-refractivity contribution in [2.75, 3.05) is 11.9 Å². The van der Waals surface area contributed by atoms with Gasteiger partial charge in [-0.3, -0.25) is 9.59 Å². The van der Waals surface area contributed by atoms with Crippen molar-refractivity contribution in [3.8, 4) is 0 Å². The fourth-order valence-electron chi connectivity index (χ4n) is 1.63. The summed E-state index contributed by atoms with van der Waals surface area (Å²) in [6.45, 7) is 7.43. The van der Waals surface area contributed by atoms with Gasteiger partial charge in [-0.05, 0) is 36.1 Å². The number of carbonyl (C=O) groups is 2. The lowest BCUT2D eigenvalue weighted by molar-refractivity contribution is -0.126. The molecule has 2 amide bonds. The molecule has 0 heterocycles. The first-order valence-electron chi connectivity index (χ1n) is 6.70. The second kappa shape index (κ2) is 7.04. The third-order valence-electron chi connectivity index (χ3n) is 3.10. The van der Waals surface area contributed by atoms with Gasteiger partial charge < -0.3 is 16.4 Å². The van der Waals surface area contributed by atoms with Crippen molar-refractivity contribution in [3.63, 3.8) is 0 Å². The van der Waals surface area contributed by atoms with Crippen LogP contribution in [-0.2, 0) is 9.59 Å². The number of nitrogens with two attached hydrogens (primary N) is 1. The normalized spacial score (nSPS) is 12.7. The van der Waals surface area contributed by atoms with Gasteiger partial charge in [0.05, 0.1) is 12.6 Å². The zero-order chi connectivity index (χ0) is 16.2. The van der Waals surface area contributed by atoms with Crippen LogP contribution in [0.5, 0.6) is 0 Å². The van der Waals surface area contributed by atoms with Gasteiger partial charge in [-0.2, -0.15) is 0 Å². The van der Waals surface area contributed by atoms with Crippen LogP contribution < -0.4 is 16.4 Å². The molecule has 116 valence electrons. The molecule has 5 nitrogen and oxygen atoms in total. The molecule has 0 spiro atoms.